The summed E-state index contributed by atoms with van der Waals surface area (Å²) in [6.07, 6.45) is 3.18. The van der Waals surface area contributed by atoms with Gasteiger partial charge in [0.25, 0.3) is 0 Å². The van der Waals surface area contributed by atoms with Gasteiger partial charge in [0.2, 0.25) is 0 Å². The quantitative estimate of drug-likeness (QED) is 0.812. The highest BCUT2D eigenvalue weighted by Gasteiger charge is 2.28. The molecule has 1 aliphatic heterocycles. The first-order valence-electron chi connectivity index (χ1n) is 7.54. The van der Waals surface area contributed by atoms with Crippen molar-refractivity contribution in [3.63, 3.8) is 0 Å². The number of nitrogens with zero attached hydrogens (tertiary/aromatic N) is 1. The number of fused-ring (bicyclic) bond motifs is 1. The highest BCUT2D eigenvalue weighted by atomic mass is 16.5. The predicted molar refractivity (Wildman–Crippen MR) is 84.3 cm³/mol. The fourth-order valence-corrected chi connectivity index (χ4v) is 2.78. The van der Waals surface area contributed by atoms with Crippen molar-refractivity contribution in [2.24, 2.45) is 0 Å². The Morgan fingerprint density at radius 1 is 1.41 bits per heavy atom. The highest BCUT2D eigenvalue weighted by molar-refractivity contribution is 5.89. The predicted octanol–water partition coefficient (Wildman–Crippen LogP) is 3.40. The number of carbonyl (C=O) groups excluding carboxylic acids is 1. The van der Waals surface area contributed by atoms with E-state index < -0.39 is 0 Å². The Balaban J connectivity index is 1.70. The van der Waals surface area contributed by atoms with E-state index in [0.29, 0.717) is 24.4 Å². The Hall–Kier alpha value is -2.36. The van der Waals surface area contributed by atoms with E-state index >= 15 is 0 Å². The van der Waals surface area contributed by atoms with Crippen molar-refractivity contribution in [2.75, 3.05) is 6.61 Å². The van der Waals surface area contributed by atoms with Crippen LogP contribution in [-0.4, -0.2) is 23.7 Å². The zero-order valence-electron chi connectivity index (χ0n) is 12.8. The Labute approximate surface area is 129 Å². The van der Waals surface area contributed by atoms with E-state index in [9.17, 15) is 4.79 Å². The van der Waals surface area contributed by atoms with E-state index in [2.05, 4.69) is 17.1 Å². The Morgan fingerprint density at radius 2 is 2.23 bits per heavy atom. The second-order valence-electron chi connectivity index (χ2n) is 5.44. The zero-order valence-corrected chi connectivity index (χ0v) is 12.8. The van der Waals surface area contributed by atoms with Crippen LogP contribution in [-0.2, 0) is 20.7 Å². The van der Waals surface area contributed by atoms with Gasteiger partial charge in [0, 0.05) is 24.4 Å². The molecule has 0 aliphatic carbocycles. The van der Waals surface area contributed by atoms with Gasteiger partial charge in [0.1, 0.15) is 11.9 Å². The first-order chi connectivity index (χ1) is 10.7. The number of allylic oxidation sites excluding steroid dienone is 1. The third-order valence-electron chi connectivity index (χ3n) is 3.83. The van der Waals surface area contributed by atoms with Gasteiger partial charge >= 0.3 is 5.97 Å². The molecule has 0 amide bonds. The lowest BCUT2D eigenvalue weighted by Crippen LogP contribution is -2.12. The summed E-state index contributed by atoms with van der Waals surface area (Å²) >= 11 is 0. The van der Waals surface area contributed by atoms with Gasteiger partial charge in [-0.05, 0) is 31.5 Å². The topological polar surface area (TPSA) is 48.4 Å². The number of aromatic nitrogens is 1. The van der Waals surface area contributed by atoms with E-state index in [1.54, 1.807) is 0 Å². The average Bonchev–Trinajstić information content (AvgIpc) is 2.88. The number of rotatable bonds is 4. The summed E-state index contributed by atoms with van der Waals surface area (Å²) in [5.74, 6) is 0.413. The monoisotopic (exact) mass is 297 g/mol. The third kappa shape index (κ3) is 2.96. The molecule has 1 aromatic heterocycles. The molecule has 4 nitrogen and oxygen atoms in total. The second-order valence-corrected chi connectivity index (χ2v) is 5.44. The van der Waals surface area contributed by atoms with E-state index in [0.717, 1.165) is 22.9 Å². The van der Waals surface area contributed by atoms with Crippen LogP contribution in [0.3, 0.4) is 0 Å². The molecule has 3 rings (SSSR count). The number of hydrogen-bond donors (Lipinski definition) is 0. The minimum atomic E-state index is -0.265. The molecule has 114 valence electrons. The molecule has 1 aromatic carbocycles. The second kappa shape index (κ2) is 6.18. The molecule has 0 saturated heterocycles. The number of benzene rings is 1. The van der Waals surface area contributed by atoms with Gasteiger partial charge in [-0.15, -0.1) is 0 Å². The SMILES string of the molecule is CCOC(=O)C1=C(C)OC(Cc2cnc3ccccc3c2)C1. The summed E-state index contributed by atoms with van der Waals surface area (Å²) in [5.41, 5.74) is 2.75. The molecule has 0 fully saturated rings. The lowest BCUT2D eigenvalue weighted by atomic mass is 10.0. The lowest BCUT2D eigenvalue weighted by Gasteiger charge is -2.11. The largest absolute Gasteiger partial charge is 0.494 e. The molecule has 1 aliphatic rings. The summed E-state index contributed by atoms with van der Waals surface area (Å²) < 4.78 is 10.9. The Bertz CT molecular complexity index is 736. The third-order valence-corrected chi connectivity index (χ3v) is 3.83. The highest BCUT2D eigenvalue weighted by Crippen LogP contribution is 2.28. The first kappa shape index (κ1) is 14.6. The number of carbonyl (C=O) groups is 1. The molecule has 2 heterocycles. The molecular weight excluding hydrogens is 278 g/mol. The van der Waals surface area contributed by atoms with E-state index in [1.165, 1.54) is 0 Å². The Morgan fingerprint density at radius 3 is 3.05 bits per heavy atom. The van der Waals surface area contributed by atoms with Crippen molar-refractivity contribution in [3.8, 4) is 0 Å². The van der Waals surface area contributed by atoms with Gasteiger partial charge in [0.05, 0.1) is 17.7 Å². The van der Waals surface area contributed by atoms with Crippen LogP contribution >= 0.6 is 0 Å². The molecule has 1 unspecified atom stereocenters. The minimum Gasteiger partial charge on any atom is -0.494 e. The number of esters is 1. The number of pyridine rings is 1. The van der Waals surface area contributed by atoms with Crippen LogP contribution in [0.25, 0.3) is 10.9 Å². The first-order valence-corrected chi connectivity index (χ1v) is 7.54. The van der Waals surface area contributed by atoms with E-state index in [4.69, 9.17) is 9.47 Å². The molecule has 0 saturated carbocycles. The molecule has 1 atom stereocenters. The molecule has 2 aromatic rings. The van der Waals surface area contributed by atoms with Crippen LogP contribution in [0.2, 0.25) is 0 Å². The lowest BCUT2D eigenvalue weighted by molar-refractivity contribution is -0.138. The van der Waals surface area contributed by atoms with Gasteiger partial charge in [-0.2, -0.15) is 0 Å². The fraction of sp³-hybridized carbons (Fsp3) is 0.333. The van der Waals surface area contributed by atoms with Crippen LogP contribution < -0.4 is 0 Å². The molecule has 0 bridgehead atoms. The molecule has 22 heavy (non-hydrogen) atoms. The Kier molecular flexibility index (Phi) is 4.09. The van der Waals surface area contributed by atoms with Crippen LogP contribution in [0.5, 0.6) is 0 Å². The molecule has 0 N–H and O–H groups in total. The van der Waals surface area contributed by atoms with Gasteiger partial charge in [0.15, 0.2) is 0 Å². The summed E-state index contributed by atoms with van der Waals surface area (Å²) in [7, 11) is 0. The number of hydrogen-bond acceptors (Lipinski definition) is 4. The maximum atomic E-state index is 11.9. The van der Waals surface area contributed by atoms with Crippen molar-refractivity contribution >= 4 is 16.9 Å². The van der Waals surface area contributed by atoms with E-state index in [-0.39, 0.29) is 12.1 Å². The van der Waals surface area contributed by atoms with Crippen LogP contribution in [0.15, 0.2) is 47.9 Å². The van der Waals surface area contributed by atoms with Crippen LogP contribution in [0.4, 0.5) is 0 Å². The van der Waals surface area contributed by atoms with Crippen LogP contribution in [0.1, 0.15) is 25.8 Å². The van der Waals surface area contributed by atoms with Gasteiger partial charge in [-0.25, -0.2) is 4.79 Å². The molecular formula is C18H19NO3. The smallest absolute Gasteiger partial charge is 0.337 e. The maximum Gasteiger partial charge on any atom is 0.337 e. The van der Waals surface area contributed by atoms with Gasteiger partial charge in [-0.1, -0.05) is 18.2 Å². The number of ether oxygens (including phenoxy) is 2. The molecule has 0 radical (unpaired) electrons. The van der Waals surface area contributed by atoms with Gasteiger partial charge < -0.3 is 9.47 Å². The molecule has 4 heteroatoms. The van der Waals surface area contributed by atoms with Crippen molar-refractivity contribution in [1.29, 1.82) is 0 Å². The molecule has 0 spiro atoms. The van der Waals surface area contributed by atoms with E-state index in [1.807, 2.05) is 38.2 Å². The zero-order chi connectivity index (χ0) is 15.5. The average molecular weight is 297 g/mol. The maximum absolute atomic E-state index is 11.9. The van der Waals surface area contributed by atoms with Crippen LogP contribution in [0, 0.1) is 0 Å². The normalized spacial score (nSPS) is 17.6. The van der Waals surface area contributed by atoms with Gasteiger partial charge in [-0.3, -0.25) is 4.98 Å². The summed E-state index contributed by atoms with van der Waals surface area (Å²) in [4.78, 5) is 16.3. The standard InChI is InChI=1S/C18H19NO3/c1-3-21-18(20)16-10-15(22-12(16)2)9-13-8-14-6-4-5-7-17(14)19-11-13/h4-8,11,15H,3,9-10H2,1-2H3. The van der Waals surface area contributed by atoms with Crippen molar-refractivity contribution in [1.82, 2.24) is 4.98 Å². The van der Waals surface area contributed by atoms with Crippen molar-refractivity contribution in [2.45, 2.75) is 32.8 Å². The summed E-state index contributed by atoms with van der Waals surface area (Å²) in [5, 5.41) is 1.12. The van der Waals surface area contributed by atoms with Crippen molar-refractivity contribution in [3.05, 3.63) is 53.4 Å². The summed E-state index contributed by atoms with van der Waals surface area (Å²) in [6, 6.07) is 10.2. The fourth-order valence-electron chi connectivity index (χ4n) is 2.78. The summed E-state index contributed by atoms with van der Waals surface area (Å²) in [6.45, 7) is 4.02. The number of para-hydroxylation sites is 1. The van der Waals surface area contributed by atoms with Crippen molar-refractivity contribution < 1.29 is 14.3 Å². The minimum absolute atomic E-state index is 0.0256.